The summed E-state index contributed by atoms with van der Waals surface area (Å²) in [6, 6.07) is 11.4. The van der Waals surface area contributed by atoms with Crippen molar-refractivity contribution < 1.29 is 13.2 Å². The number of nitrogens with zero attached hydrogens (tertiary/aromatic N) is 1. The highest BCUT2D eigenvalue weighted by Crippen LogP contribution is 2.28. The summed E-state index contributed by atoms with van der Waals surface area (Å²) in [7, 11) is -3.80. The molecule has 0 saturated carbocycles. The van der Waals surface area contributed by atoms with E-state index in [0.717, 1.165) is 12.8 Å². The van der Waals surface area contributed by atoms with Gasteiger partial charge in [-0.3, -0.25) is 9.52 Å². The maximum Gasteiger partial charge on any atom is 0.255 e. The minimum atomic E-state index is -3.80. The number of anilines is 1. The van der Waals surface area contributed by atoms with Gasteiger partial charge in [0.2, 0.25) is 10.0 Å². The first-order valence-electron chi connectivity index (χ1n) is 8.19. The van der Waals surface area contributed by atoms with Gasteiger partial charge in [-0.25, -0.2) is 8.42 Å². The fourth-order valence-corrected chi connectivity index (χ4v) is 4.88. The average Bonchev–Trinajstić information content (AvgIpc) is 3.12. The average molecular weight is 413 g/mol. The van der Waals surface area contributed by atoms with Crippen molar-refractivity contribution in [2.45, 2.75) is 18.6 Å². The van der Waals surface area contributed by atoms with Gasteiger partial charge in [0.05, 0.1) is 17.0 Å². The number of rotatable bonds is 5. The van der Waals surface area contributed by atoms with Crippen LogP contribution in [0.2, 0.25) is 10.0 Å². The fraction of sp³-hybridized carbons (Fsp3) is 0.278. The minimum absolute atomic E-state index is 0.170. The van der Waals surface area contributed by atoms with Crippen LogP contribution in [0.15, 0.2) is 42.5 Å². The highest BCUT2D eigenvalue weighted by Gasteiger charge is 2.24. The van der Waals surface area contributed by atoms with Crippen LogP contribution in [0, 0.1) is 0 Å². The third-order valence-electron chi connectivity index (χ3n) is 4.21. The number of sulfonamides is 1. The number of hydrogen-bond acceptors (Lipinski definition) is 3. The van der Waals surface area contributed by atoms with Crippen molar-refractivity contribution in [2.75, 3.05) is 17.8 Å². The molecule has 0 spiro atoms. The summed E-state index contributed by atoms with van der Waals surface area (Å²) in [5.74, 6) is -0.547. The Kier molecular flexibility index (Phi) is 5.75. The van der Waals surface area contributed by atoms with E-state index < -0.39 is 10.0 Å². The van der Waals surface area contributed by atoms with Crippen molar-refractivity contribution >= 4 is 44.8 Å². The summed E-state index contributed by atoms with van der Waals surface area (Å²) in [6.07, 6.45) is 1.93. The third-order valence-corrected chi connectivity index (χ3v) is 6.12. The summed E-state index contributed by atoms with van der Waals surface area (Å²) >= 11 is 12.1. The first kappa shape index (κ1) is 19.0. The molecule has 1 aliphatic heterocycles. The molecule has 26 heavy (non-hydrogen) atoms. The zero-order chi connectivity index (χ0) is 18.7. The molecule has 0 atom stereocenters. The third kappa shape index (κ3) is 4.31. The van der Waals surface area contributed by atoms with E-state index in [9.17, 15) is 13.2 Å². The van der Waals surface area contributed by atoms with Crippen LogP contribution in [0.4, 0.5) is 5.69 Å². The highest BCUT2D eigenvalue weighted by atomic mass is 35.5. The highest BCUT2D eigenvalue weighted by molar-refractivity contribution is 7.91. The van der Waals surface area contributed by atoms with E-state index in [1.807, 2.05) is 0 Å². The van der Waals surface area contributed by atoms with Gasteiger partial charge in [0.1, 0.15) is 0 Å². The second-order valence-corrected chi connectivity index (χ2v) is 8.64. The van der Waals surface area contributed by atoms with Gasteiger partial charge < -0.3 is 4.90 Å². The second-order valence-electron chi connectivity index (χ2n) is 6.11. The lowest BCUT2D eigenvalue weighted by Gasteiger charge is -2.18. The molecule has 3 rings (SSSR count). The predicted octanol–water partition coefficient (Wildman–Crippen LogP) is 4.17. The van der Waals surface area contributed by atoms with Crippen molar-refractivity contribution in [1.82, 2.24) is 4.90 Å². The number of hydrogen-bond donors (Lipinski definition) is 1. The van der Waals surface area contributed by atoms with E-state index in [-0.39, 0.29) is 27.4 Å². The molecule has 2 aromatic rings. The van der Waals surface area contributed by atoms with Crippen LogP contribution in [0.5, 0.6) is 0 Å². The first-order valence-corrected chi connectivity index (χ1v) is 10.6. The maximum atomic E-state index is 12.7. The van der Waals surface area contributed by atoms with E-state index >= 15 is 0 Å². The molecule has 0 bridgehead atoms. The quantitative estimate of drug-likeness (QED) is 0.800. The smallest absolute Gasteiger partial charge is 0.255 e. The van der Waals surface area contributed by atoms with Gasteiger partial charge in [-0.15, -0.1) is 0 Å². The molecule has 0 radical (unpaired) electrons. The lowest BCUT2D eigenvalue weighted by molar-refractivity contribution is 0.0794. The summed E-state index contributed by atoms with van der Waals surface area (Å²) < 4.78 is 27.7. The van der Waals surface area contributed by atoms with E-state index in [0.29, 0.717) is 24.2 Å². The molecule has 0 unspecified atom stereocenters. The molecular formula is C18H18Cl2N2O3S. The van der Waals surface area contributed by atoms with Gasteiger partial charge in [-0.1, -0.05) is 41.4 Å². The Bertz CT molecular complexity index is 906. The van der Waals surface area contributed by atoms with Crippen LogP contribution in [0.3, 0.4) is 0 Å². The summed E-state index contributed by atoms with van der Waals surface area (Å²) in [5, 5.41) is 0.564. The number of likely N-dealkylation sites (tertiary alicyclic amines) is 1. The van der Waals surface area contributed by atoms with Crippen LogP contribution >= 0.6 is 23.2 Å². The topological polar surface area (TPSA) is 66.5 Å². The molecule has 1 saturated heterocycles. The van der Waals surface area contributed by atoms with E-state index in [1.54, 1.807) is 47.4 Å². The number of para-hydroxylation sites is 1. The fourth-order valence-electron chi connectivity index (χ4n) is 2.91. The van der Waals surface area contributed by atoms with Crippen LogP contribution in [-0.4, -0.2) is 32.3 Å². The van der Waals surface area contributed by atoms with Crippen LogP contribution in [-0.2, 0) is 15.8 Å². The molecule has 0 aromatic heterocycles. The Morgan fingerprint density at radius 3 is 2.27 bits per heavy atom. The molecule has 2 aromatic carbocycles. The Balaban J connectivity index is 1.85. The Morgan fingerprint density at radius 1 is 1.00 bits per heavy atom. The molecule has 1 amide bonds. The Morgan fingerprint density at radius 2 is 1.62 bits per heavy atom. The second kappa shape index (κ2) is 7.86. The van der Waals surface area contributed by atoms with Crippen molar-refractivity contribution in [1.29, 1.82) is 0 Å². The van der Waals surface area contributed by atoms with E-state index in [1.165, 1.54) is 0 Å². The maximum absolute atomic E-state index is 12.7. The van der Waals surface area contributed by atoms with Crippen molar-refractivity contribution in [3.63, 3.8) is 0 Å². The molecule has 1 N–H and O–H groups in total. The molecule has 8 heteroatoms. The van der Waals surface area contributed by atoms with Crippen molar-refractivity contribution in [2.24, 2.45) is 0 Å². The van der Waals surface area contributed by atoms with Crippen LogP contribution in [0.25, 0.3) is 0 Å². The van der Waals surface area contributed by atoms with Gasteiger partial charge in [0.15, 0.2) is 0 Å². The standard InChI is InChI=1S/C18H18Cl2N2O3S/c19-15-7-5-8-16(20)14(15)12-26(24,25)21-17-9-2-1-6-13(17)18(23)22-10-3-4-11-22/h1-2,5-9,21H,3-4,10-12H2. The molecule has 1 aliphatic rings. The lowest BCUT2D eigenvalue weighted by atomic mass is 10.1. The van der Waals surface area contributed by atoms with E-state index in [2.05, 4.69) is 4.72 Å². The number of amides is 1. The van der Waals surface area contributed by atoms with Gasteiger partial charge in [0, 0.05) is 28.7 Å². The van der Waals surface area contributed by atoms with E-state index in [4.69, 9.17) is 23.2 Å². The minimum Gasteiger partial charge on any atom is -0.339 e. The molecule has 0 aliphatic carbocycles. The number of carbonyl (C=O) groups is 1. The van der Waals surface area contributed by atoms with Gasteiger partial charge >= 0.3 is 0 Å². The van der Waals surface area contributed by atoms with Crippen LogP contribution in [0.1, 0.15) is 28.8 Å². The molecule has 1 heterocycles. The largest absolute Gasteiger partial charge is 0.339 e. The Labute approximate surface area is 163 Å². The monoisotopic (exact) mass is 412 g/mol. The SMILES string of the molecule is O=C(c1ccccc1NS(=O)(=O)Cc1c(Cl)cccc1Cl)N1CCCC1. The zero-order valence-electron chi connectivity index (χ0n) is 13.9. The van der Waals surface area contributed by atoms with Crippen molar-refractivity contribution in [3.05, 3.63) is 63.6 Å². The van der Waals surface area contributed by atoms with Gasteiger partial charge in [0.25, 0.3) is 5.91 Å². The van der Waals surface area contributed by atoms with Crippen LogP contribution < -0.4 is 4.72 Å². The van der Waals surface area contributed by atoms with Gasteiger partial charge in [-0.2, -0.15) is 0 Å². The van der Waals surface area contributed by atoms with Gasteiger partial charge in [-0.05, 0) is 37.1 Å². The lowest BCUT2D eigenvalue weighted by Crippen LogP contribution is -2.29. The number of nitrogens with one attached hydrogen (secondary N) is 1. The summed E-state index contributed by atoms with van der Waals surface area (Å²) in [5.41, 5.74) is 0.919. The summed E-state index contributed by atoms with van der Waals surface area (Å²) in [4.78, 5) is 14.4. The Hall–Kier alpha value is -1.76. The number of benzene rings is 2. The normalized spacial score (nSPS) is 14.5. The molecule has 5 nitrogen and oxygen atoms in total. The van der Waals surface area contributed by atoms with Crippen molar-refractivity contribution in [3.8, 4) is 0 Å². The first-order chi connectivity index (χ1) is 12.4. The molecular weight excluding hydrogens is 395 g/mol. The molecule has 138 valence electrons. The molecule has 1 fully saturated rings. The number of carbonyl (C=O) groups excluding carboxylic acids is 1. The number of halogens is 2. The predicted molar refractivity (Wildman–Crippen MR) is 104 cm³/mol. The zero-order valence-corrected chi connectivity index (χ0v) is 16.2. The summed E-state index contributed by atoms with van der Waals surface area (Å²) in [6.45, 7) is 1.38.